The van der Waals surface area contributed by atoms with Crippen LogP contribution in [0.25, 0.3) is 0 Å². The molecule has 1 aliphatic rings. The molecule has 116 valence electrons. The maximum absolute atomic E-state index is 5.20. The minimum atomic E-state index is 0.568. The Morgan fingerprint density at radius 2 is 2.05 bits per heavy atom. The van der Waals surface area contributed by atoms with Crippen molar-refractivity contribution in [3.05, 3.63) is 47.0 Å². The zero-order valence-corrected chi connectivity index (χ0v) is 13.6. The van der Waals surface area contributed by atoms with Crippen LogP contribution >= 0.6 is 0 Å². The molecule has 3 heteroatoms. The minimum Gasteiger partial charge on any atom is -0.380 e. The Hall–Kier alpha value is -1.16. The molecular weight excluding hydrogens is 260 g/mol. The zero-order chi connectivity index (χ0) is 15.1. The molecule has 2 rings (SSSR count). The van der Waals surface area contributed by atoms with Crippen molar-refractivity contribution in [2.24, 2.45) is 0 Å². The van der Waals surface area contributed by atoms with Gasteiger partial charge < -0.3 is 10.1 Å². The second kappa shape index (κ2) is 8.32. The first-order valence-corrected chi connectivity index (χ1v) is 7.85. The fraction of sp³-hybridized carbons (Fsp3) is 0.556. The number of methoxy groups -OCH3 is 1. The quantitative estimate of drug-likeness (QED) is 0.781. The van der Waals surface area contributed by atoms with E-state index in [1.807, 2.05) is 7.05 Å². The first kappa shape index (κ1) is 16.2. The number of nitrogens with zero attached hydrogens (tertiary/aromatic N) is 1. The van der Waals surface area contributed by atoms with Gasteiger partial charge in [-0.05, 0) is 36.1 Å². The highest BCUT2D eigenvalue weighted by Crippen LogP contribution is 2.18. The predicted octanol–water partition coefficient (Wildman–Crippen LogP) is 2.79. The van der Waals surface area contributed by atoms with Gasteiger partial charge in [-0.1, -0.05) is 37.3 Å². The number of nitrogens with one attached hydrogen (secondary N) is 1. The van der Waals surface area contributed by atoms with Crippen molar-refractivity contribution in [1.82, 2.24) is 10.2 Å². The molecule has 0 fully saturated rings. The Labute approximate surface area is 129 Å². The highest BCUT2D eigenvalue weighted by atomic mass is 16.5. The number of benzene rings is 1. The fourth-order valence-electron chi connectivity index (χ4n) is 2.85. The third-order valence-electron chi connectivity index (χ3n) is 4.18. The van der Waals surface area contributed by atoms with E-state index < -0.39 is 0 Å². The summed E-state index contributed by atoms with van der Waals surface area (Å²) < 4.78 is 5.20. The van der Waals surface area contributed by atoms with E-state index in [2.05, 4.69) is 47.5 Å². The maximum Gasteiger partial charge on any atom is 0.0673 e. The molecule has 1 unspecified atom stereocenters. The highest BCUT2D eigenvalue weighted by Gasteiger charge is 2.12. The van der Waals surface area contributed by atoms with Gasteiger partial charge in [0.25, 0.3) is 0 Å². The molecule has 1 aliphatic heterocycles. The van der Waals surface area contributed by atoms with Gasteiger partial charge in [-0.2, -0.15) is 0 Å². The van der Waals surface area contributed by atoms with Gasteiger partial charge in [0.05, 0.1) is 6.61 Å². The average Bonchev–Trinajstić information content (AvgIpc) is 2.50. The fourth-order valence-corrected chi connectivity index (χ4v) is 2.85. The zero-order valence-electron chi connectivity index (χ0n) is 13.6. The molecule has 1 aromatic rings. The normalized spacial score (nSPS) is 17.6. The summed E-state index contributed by atoms with van der Waals surface area (Å²) in [5.74, 6) is 0.568. The minimum absolute atomic E-state index is 0.568. The van der Waals surface area contributed by atoms with Crippen molar-refractivity contribution in [2.45, 2.75) is 25.8 Å². The molecule has 0 aromatic heterocycles. The molecule has 1 aromatic carbocycles. The molecule has 0 amide bonds. The van der Waals surface area contributed by atoms with Crippen LogP contribution in [0.1, 0.15) is 30.4 Å². The van der Waals surface area contributed by atoms with Gasteiger partial charge in [0.1, 0.15) is 0 Å². The lowest BCUT2D eigenvalue weighted by molar-refractivity contribution is 0.210. The maximum atomic E-state index is 5.20. The van der Waals surface area contributed by atoms with Gasteiger partial charge in [0, 0.05) is 33.3 Å². The topological polar surface area (TPSA) is 24.5 Å². The lowest BCUT2D eigenvalue weighted by atomic mass is 9.99. The average molecular weight is 288 g/mol. The molecule has 0 aliphatic carbocycles. The van der Waals surface area contributed by atoms with E-state index >= 15 is 0 Å². The first-order chi connectivity index (χ1) is 10.2. The van der Waals surface area contributed by atoms with Crippen molar-refractivity contribution in [1.29, 1.82) is 0 Å². The van der Waals surface area contributed by atoms with E-state index in [-0.39, 0.29) is 0 Å². The van der Waals surface area contributed by atoms with Crippen LogP contribution in [0.2, 0.25) is 0 Å². The largest absolute Gasteiger partial charge is 0.380 e. The standard InChI is InChI=1S/C18H28N2O/c1-15(12-19-2)18-6-4-16(5-7-18)13-20-10-8-17(9-11-20)14-21-3/h4-8,15,19H,9-14H2,1-3H3. The Morgan fingerprint density at radius 3 is 2.62 bits per heavy atom. The van der Waals surface area contributed by atoms with Crippen LogP contribution in [0, 0.1) is 0 Å². The number of likely N-dealkylation sites (N-methyl/N-ethyl adjacent to an activating group) is 1. The van der Waals surface area contributed by atoms with Gasteiger partial charge >= 0.3 is 0 Å². The Kier molecular flexibility index (Phi) is 6.43. The van der Waals surface area contributed by atoms with Crippen molar-refractivity contribution in [3.8, 4) is 0 Å². The molecule has 21 heavy (non-hydrogen) atoms. The number of hydrogen-bond donors (Lipinski definition) is 1. The summed E-state index contributed by atoms with van der Waals surface area (Å²) >= 11 is 0. The van der Waals surface area contributed by atoms with Gasteiger partial charge in [-0.15, -0.1) is 0 Å². The van der Waals surface area contributed by atoms with E-state index in [9.17, 15) is 0 Å². The summed E-state index contributed by atoms with van der Waals surface area (Å²) in [5.41, 5.74) is 4.25. The van der Waals surface area contributed by atoms with Crippen LogP contribution < -0.4 is 5.32 Å². The smallest absolute Gasteiger partial charge is 0.0673 e. The summed E-state index contributed by atoms with van der Waals surface area (Å²) in [7, 11) is 3.77. The molecule has 0 saturated heterocycles. The van der Waals surface area contributed by atoms with E-state index in [4.69, 9.17) is 4.74 Å². The van der Waals surface area contributed by atoms with Crippen LogP contribution in [-0.2, 0) is 11.3 Å². The lowest BCUT2D eigenvalue weighted by Gasteiger charge is -2.26. The third-order valence-corrected chi connectivity index (χ3v) is 4.18. The van der Waals surface area contributed by atoms with Crippen LogP contribution in [0.5, 0.6) is 0 Å². The summed E-state index contributed by atoms with van der Waals surface area (Å²) in [4.78, 5) is 2.49. The van der Waals surface area contributed by atoms with Gasteiger partial charge in [-0.3, -0.25) is 4.90 Å². The summed E-state index contributed by atoms with van der Waals surface area (Å²) in [6.45, 7) is 7.28. The first-order valence-electron chi connectivity index (χ1n) is 7.85. The molecule has 1 N–H and O–H groups in total. The Balaban J connectivity index is 1.87. The Bertz CT molecular complexity index is 453. The number of rotatable bonds is 7. The summed E-state index contributed by atoms with van der Waals surface area (Å²) in [6.07, 6.45) is 3.45. The van der Waals surface area contributed by atoms with Gasteiger partial charge in [0.2, 0.25) is 0 Å². The monoisotopic (exact) mass is 288 g/mol. The van der Waals surface area contributed by atoms with Crippen LogP contribution in [-0.4, -0.2) is 45.3 Å². The van der Waals surface area contributed by atoms with E-state index in [0.29, 0.717) is 5.92 Å². The van der Waals surface area contributed by atoms with Crippen molar-refractivity contribution in [2.75, 3.05) is 40.4 Å². The third kappa shape index (κ3) is 4.95. The SMILES string of the molecule is CNCC(C)c1ccc(CN2CC=C(COC)CC2)cc1. The second-order valence-electron chi connectivity index (χ2n) is 5.98. The summed E-state index contributed by atoms with van der Waals surface area (Å²) in [5, 5.41) is 3.24. The van der Waals surface area contributed by atoms with E-state index in [1.165, 1.54) is 16.7 Å². The second-order valence-corrected chi connectivity index (χ2v) is 5.98. The van der Waals surface area contributed by atoms with Crippen LogP contribution in [0.15, 0.2) is 35.9 Å². The highest BCUT2D eigenvalue weighted by molar-refractivity contribution is 5.25. The molecular formula is C18H28N2O. The van der Waals surface area contributed by atoms with Crippen molar-refractivity contribution < 1.29 is 4.74 Å². The molecule has 0 saturated carbocycles. The van der Waals surface area contributed by atoms with E-state index in [0.717, 1.165) is 39.2 Å². The number of hydrogen-bond acceptors (Lipinski definition) is 3. The van der Waals surface area contributed by atoms with Crippen molar-refractivity contribution in [3.63, 3.8) is 0 Å². The van der Waals surface area contributed by atoms with E-state index in [1.54, 1.807) is 7.11 Å². The molecule has 0 spiro atoms. The van der Waals surface area contributed by atoms with Crippen molar-refractivity contribution >= 4 is 0 Å². The molecule has 1 heterocycles. The molecule has 0 bridgehead atoms. The van der Waals surface area contributed by atoms with Crippen LogP contribution in [0.4, 0.5) is 0 Å². The number of ether oxygens (including phenoxy) is 1. The van der Waals surface area contributed by atoms with Crippen LogP contribution in [0.3, 0.4) is 0 Å². The molecule has 0 radical (unpaired) electrons. The molecule has 1 atom stereocenters. The summed E-state index contributed by atoms with van der Waals surface area (Å²) in [6, 6.07) is 9.09. The lowest BCUT2D eigenvalue weighted by Crippen LogP contribution is -2.29. The molecule has 3 nitrogen and oxygen atoms in total. The predicted molar refractivity (Wildman–Crippen MR) is 88.6 cm³/mol. The van der Waals surface area contributed by atoms with Gasteiger partial charge in [0.15, 0.2) is 0 Å². The Morgan fingerprint density at radius 1 is 1.29 bits per heavy atom. The van der Waals surface area contributed by atoms with Gasteiger partial charge in [-0.25, -0.2) is 0 Å².